The lowest BCUT2D eigenvalue weighted by Crippen LogP contribution is -2.24. The van der Waals surface area contributed by atoms with Crippen molar-refractivity contribution in [2.24, 2.45) is 0 Å². The SMILES string of the molecule is C=C(C)C(=O)Oc1ccc(-c2ccc(-c3ccc(OC(=O)C(=C)CO)cc3)cc2)c(C2CCC(OC(=O)C(=C)C)CC2)c1. The summed E-state index contributed by atoms with van der Waals surface area (Å²) in [6.07, 6.45) is 2.96. The lowest BCUT2D eigenvalue weighted by Gasteiger charge is -2.30. The molecule has 0 saturated heterocycles. The van der Waals surface area contributed by atoms with Crippen molar-refractivity contribution in [2.45, 2.75) is 51.6 Å². The van der Waals surface area contributed by atoms with Crippen molar-refractivity contribution in [3.8, 4) is 33.8 Å². The molecule has 1 aliphatic rings. The van der Waals surface area contributed by atoms with Crippen LogP contribution in [-0.2, 0) is 19.1 Å². The molecule has 0 aliphatic heterocycles. The molecule has 0 aromatic heterocycles. The highest BCUT2D eigenvalue weighted by Gasteiger charge is 2.27. The van der Waals surface area contributed by atoms with Crippen molar-refractivity contribution >= 4 is 17.9 Å². The quantitative estimate of drug-likeness (QED) is 0.155. The molecule has 0 atom stereocenters. The monoisotopic (exact) mass is 580 g/mol. The minimum Gasteiger partial charge on any atom is -0.459 e. The summed E-state index contributed by atoms with van der Waals surface area (Å²) in [5.74, 6) is -0.491. The molecular weight excluding hydrogens is 544 g/mol. The fourth-order valence-corrected chi connectivity index (χ4v) is 4.94. The molecule has 0 unspecified atom stereocenters. The summed E-state index contributed by atoms with van der Waals surface area (Å²) in [6, 6.07) is 20.9. The predicted octanol–water partition coefficient (Wildman–Crippen LogP) is 7.10. The maximum absolute atomic E-state index is 12.2. The maximum atomic E-state index is 12.2. The summed E-state index contributed by atoms with van der Waals surface area (Å²) in [5.41, 5.74) is 5.75. The highest BCUT2D eigenvalue weighted by atomic mass is 16.5. The molecule has 0 bridgehead atoms. The average Bonchev–Trinajstić information content (AvgIpc) is 3.01. The lowest BCUT2D eigenvalue weighted by molar-refractivity contribution is -0.145. The number of esters is 3. The van der Waals surface area contributed by atoms with Crippen LogP contribution in [0.1, 0.15) is 51.0 Å². The van der Waals surface area contributed by atoms with Crippen LogP contribution in [0.15, 0.2) is 103 Å². The zero-order chi connectivity index (χ0) is 31.1. The van der Waals surface area contributed by atoms with Gasteiger partial charge in [0.1, 0.15) is 17.6 Å². The Balaban J connectivity index is 1.56. The van der Waals surface area contributed by atoms with Gasteiger partial charge >= 0.3 is 17.9 Å². The average molecular weight is 581 g/mol. The van der Waals surface area contributed by atoms with Crippen molar-refractivity contribution in [3.63, 3.8) is 0 Å². The normalized spacial score (nSPS) is 16.1. The molecule has 3 aromatic rings. The van der Waals surface area contributed by atoms with E-state index < -0.39 is 18.5 Å². The smallest absolute Gasteiger partial charge is 0.341 e. The third kappa shape index (κ3) is 7.96. The number of rotatable bonds is 10. The van der Waals surface area contributed by atoms with Crippen LogP contribution in [-0.4, -0.2) is 35.7 Å². The van der Waals surface area contributed by atoms with Gasteiger partial charge in [-0.3, -0.25) is 0 Å². The Labute approximate surface area is 252 Å². The van der Waals surface area contributed by atoms with Crippen molar-refractivity contribution in [1.82, 2.24) is 0 Å². The van der Waals surface area contributed by atoms with Crippen molar-refractivity contribution in [3.05, 3.63) is 109 Å². The molecule has 7 heteroatoms. The van der Waals surface area contributed by atoms with Gasteiger partial charge in [0, 0.05) is 11.1 Å². The molecule has 1 fully saturated rings. The van der Waals surface area contributed by atoms with E-state index in [1.54, 1.807) is 32.0 Å². The Kier molecular flexibility index (Phi) is 10.1. The van der Waals surface area contributed by atoms with Gasteiger partial charge < -0.3 is 19.3 Å². The lowest BCUT2D eigenvalue weighted by atomic mass is 9.79. The van der Waals surface area contributed by atoms with Gasteiger partial charge in [-0.2, -0.15) is 0 Å². The molecule has 1 saturated carbocycles. The third-order valence-corrected chi connectivity index (χ3v) is 7.39. The highest BCUT2D eigenvalue weighted by Crippen LogP contribution is 2.41. The van der Waals surface area contributed by atoms with Crippen LogP contribution in [0.4, 0.5) is 0 Å². The summed E-state index contributed by atoms with van der Waals surface area (Å²) in [4.78, 5) is 36.1. The summed E-state index contributed by atoms with van der Waals surface area (Å²) < 4.78 is 16.4. The topological polar surface area (TPSA) is 99.1 Å². The zero-order valence-electron chi connectivity index (χ0n) is 24.6. The Morgan fingerprint density at radius 2 is 1.21 bits per heavy atom. The largest absolute Gasteiger partial charge is 0.459 e. The van der Waals surface area contributed by atoms with E-state index in [0.29, 0.717) is 22.6 Å². The first-order chi connectivity index (χ1) is 20.5. The molecule has 7 nitrogen and oxygen atoms in total. The molecule has 0 radical (unpaired) electrons. The van der Waals surface area contributed by atoms with E-state index in [-0.39, 0.29) is 23.6 Å². The van der Waals surface area contributed by atoms with Crippen molar-refractivity contribution in [2.75, 3.05) is 6.61 Å². The Bertz CT molecular complexity index is 1540. The molecule has 3 aromatic carbocycles. The van der Waals surface area contributed by atoms with Crippen molar-refractivity contribution in [1.29, 1.82) is 0 Å². The number of carbonyl (C=O) groups is 3. The first kappa shape index (κ1) is 31.2. The summed E-state index contributed by atoms with van der Waals surface area (Å²) in [5, 5.41) is 9.05. The minimum absolute atomic E-state index is 0.0136. The van der Waals surface area contributed by atoms with Crippen LogP contribution in [0.2, 0.25) is 0 Å². The molecular formula is C36H36O7. The Morgan fingerprint density at radius 3 is 1.77 bits per heavy atom. The maximum Gasteiger partial charge on any atom is 0.341 e. The predicted molar refractivity (Wildman–Crippen MR) is 166 cm³/mol. The highest BCUT2D eigenvalue weighted by molar-refractivity contribution is 5.90. The van der Waals surface area contributed by atoms with Gasteiger partial charge in [0.25, 0.3) is 0 Å². The van der Waals surface area contributed by atoms with Gasteiger partial charge in [-0.25, -0.2) is 14.4 Å². The molecule has 43 heavy (non-hydrogen) atoms. The van der Waals surface area contributed by atoms with Gasteiger partial charge in [-0.15, -0.1) is 0 Å². The fraction of sp³-hybridized carbons (Fsp3) is 0.250. The van der Waals surface area contributed by atoms with Crippen LogP contribution in [0.25, 0.3) is 22.3 Å². The number of carbonyl (C=O) groups excluding carboxylic acids is 3. The zero-order valence-corrected chi connectivity index (χ0v) is 24.6. The first-order valence-electron chi connectivity index (χ1n) is 14.2. The number of hydrogen-bond donors (Lipinski definition) is 1. The Hall–Kier alpha value is -4.75. The van der Waals surface area contributed by atoms with Crippen LogP contribution in [0.3, 0.4) is 0 Å². The second kappa shape index (κ2) is 13.9. The molecule has 4 rings (SSSR count). The van der Waals surface area contributed by atoms with Crippen LogP contribution >= 0.6 is 0 Å². The van der Waals surface area contributed by atoms with Crippen molar-refractivity contribution < 1.29 is 33.7 Å². The molecule has 222 valence electrons. The number of aliphatic hydroxyl groups excluding tert-OH is 1. The molecule has 0 heterocycles. The van der Waals surface area contributed by atoms with Gasteiger partial charge in [0.05, 0.1) is 12.2 Å². The van der Waals surface area contributed by atoms with Gasteiger partial charge in [-0.1, -0.05) is 62.2 Å². The second-order valence-electron chi connectivity index (χ2n) is 10.8. The van der Waals surface area contributed by atoms with Crippen LogP contribution < -0.4 is 9.47 Å². The van der Waals surface area contributed by atoms with E-state index >= 15 is 0 Å². The van der Waals surface area contributed by atoms with E-state index in [1.807, 2.05) is 48.5 Å². The van der Waals surface area contributed by atoms with Gasteiger partial charge in [-0.05, 0) is 97.5 Å². The second-order valence-corrected chi connectivity index (χ2v) is 10.8. The summed E-state index contributed by atoms with van der Waals surface area (Å²) in [6.45, 7) is 13.6. The Morgan fingerprint density at radius 1 is 0.698 bits per heavy atom. The summed E-state index contributed by atoms with van der Waals surface area (Å²) >= 11 is 0. The first-order valence-corrected chi connectivity index (χ1v) is 14.2. The minimum atomic E-state index is -0.669. The van der Waals surface area contributed by atoms with E-state index in [0.717, 1.165) is 53.5 Å². The van der Waals surface area contributed by atoms with E-state index in [9.17, 15) is 14.4 Å². The fourth-order valence-electron chi connectivity index (χ4n) is 4.94. The van der Waals surface area contributed by atoms with E-state index in [4.69, 9.17) is 19.3 Å². The van der Waals surface area contributed by atoms with Crippen LogP contribution in [0.5, 0.6) is 11.5 Å². The molecule has 1 N–H and O–H groups in total. The van der Waals surface area contributed by atoms with Crippen LogP contribution in [0, 0.1) is 0 Å². The van der Waals surface area contributed by atoms with Gasteiger partial charge in [0.15, 0.2) is 0 Å². The molecule has 0 amide bonds. The third-order valence-electron chi connectivity index (χ3n) is 7.39. The number of benzene rings is 3. The number of hydrogen-bond acceptors (Lipinski definition) is 7. The molecule has 0 spiro atoms. The van der Waals surface area contributed by atoms with Gasteiger partial charge in [0.2, 0.25) is 0 Å². The van der Waals surface area contributed by atoms with E-state index in [2.05, 4.69) is 19.7 Å². The van der Waals surface area contributed by atoms with E-state index in [1.165, 1.54) is 0 Å². The molecule has 1 aliphatic carbocycles. The number of ether oxygens (including phenoxy) is 3. The number of aliphatic hydroxyl groups is 1. The summed E-state index contributed by atoms with van der Waals surface area (Å²) in [7, 11) is 0. The standard InChI is InChI=1S/C36H36O7/c1-22(2)34(38)41-29-16-12-28(13-17-29)33-20-31(43-35(39)23(3)4)18-19-32(33)27-8-6-25(7-9-27)26-10-14-30(15-11-26)42-36(40)24(5)21-37/h6-11,14-15,18-20,28-29,37H,1,3,5,12-13,16-17,21H2,2,4H3.